The van der Waals surface area contributed by atoms with E-state index in [1.165, 1.54) is 11.8 Å². The van der Waals surface area contributed by atoms with Crippen molar-refractivity contribution in [2.45, 2.75) is 28.2 Å². The second-order valence-electron chi connectivity index (χ2n) is 4.29. The molecule has 17 heavy (non-hydrogen) atoms. The second kappa shape index (κ2) is 4.16. The van der Waals surface area contributed by atoms with Crippen LogP contribution >= 0.6 is 23.4 Å². The van der Waals surface area contributed by atoms with E-state index in [4.69, 9.17) is 11.6 Å². The van der Waals surface area contributed by atoms with Gasteiger partial charge in [0.2, 0.25) is 0 Å². The van der Waals surface area contributed by atoms with Gasteiger partial charge in [-0.25, -0.2) is 8.42 Å². The minimum absolute atomic E-state index is 0.202. The van der Waals surface area contributed by atoms with Gasteiger partial charge in [0, 0.05) is 11.2 Å². The van der Waals surface area contributed by atoms with Crippen LogP contribution in [0.15, 0.2) is 21.9 Å². The highest BCUT2D eigenvalue weighted by atomic mass is 35.5. The van der Waals surface area contributed by atoms with Crippen molar-refractivity contribution in [1.82, 2.24) is 0 Å². The van der Waals surface area contributed by atoms with E-state index in [0.717, 1.165) is 6.26 Å². The summed E-state index contributed by atoms with van der Waals surface area (Å²) in [6.45, 7) is 0. The lowest BCUT2D eigenvalue weighted by molar-refractivity contribution is 0.151. The number of rotatable bonds is 3. The molecule has 1 aliphatic rings. The topological polar surface area (TPSA) is 54.4 Å². The lowest BCUT2D eigenvalue weighted by Gasteiger charge is -2.14. The van der Waals surface area contributed by atoms with E-state index < -0.39 is 15.4 Å². The van der Waals surface area contributed by atoms with Crippen molar-refractivity contribution in [3.8, 4) is 0 Å². The molecule has 0 spiro atoms. The Balaban J connectivity index is 2.67. The molecule has 3 nitrogen and oxygen atoms in total. The first-order valence-electron chi connectivity index (χ1n) is 5.08. The van der Waals surface area contributed by atoms with Gasteiger partial charge in [-0.3, -0.25) is 0 Å². The van der Waals surface area contributed by atoms with Crippen molar-refractivity contribution >= 4 is 33.2 Å². The zero-order chi connectivity index (χ0) is 12.8. The third kappa shape index (κ3) is 2.47. The van der Waals surface area contributed by atoms with Crippen molar-refractivity contribution in [1.29, 1.82) is 0 Å². The lowest BCUT2D eigenvalue weighted by Crippen LogP contribution is -2.08. The summed E-state index contributed by atoms with van der Waals surface area (Å²) in [7, 11) is -3.34. The fourth-order valence-electron chi connectivity index (χ4n) is 1.72. The zero-order valence-electron chi connectivity index (χ0n) is 9.53. The molecule has 1 aliphatic carbocycles. The zero-order valence-corrected chi connectivity index (χ0v) is 11.9. The molecule has 0 saturated heterocycles. The Bertz CT molecular complexity index is 562. The molecule has 0 heterocycles. The smallest absolute Gasteiger partial charge is 0.176 e. The van der Waals surface area contributed by atoms with E-state index in [0.29, 0.717) is 28.3 Å². The molecule has 94 valence electrons. The molecule has 0 atom stereocenters. The van der Waals surface area contributed by atoms with Crippen LogP contribution < -0.4 is 0 Å². The highest BCUT2D eigenvalue weighted by Crippen LogP contribution is 2.47. The summed E-state index contributed by atoms with van der Waals surface area (Å²) >= 11 is 7.37. The van der Waals surface area contributed by atoms with Crippen molar-refractivity contribution in [3.63, 3.8) is 0 Å². The predicted molar refractivity (Wildman–Crippen MR) is 69.5 cm³/mol. The third-order valence-electron chi connectivity index (χ3n) is 2.87. The van der Waals surface area contributed by atoms with Crippen LogP contribution in [0.1, 0.15) is 18.4 Å². The van der Waals surface area contributed by atoms with Crippen molar-refractivity contribution < 1.29 is 13.5 Å². The van der Waals surface area contributed by atoms with Gasteiger partial charge < -0.3 is 5.11 Å². The Morgan fingerprint density at radius 3 is 2.41 bits per heavy atom. The maximum Gasteiger partial charge on any atom is 0.176 e. The summed E-state index contributed by atoms with van der Waals surface area (Å²) in [5.74, 6) is 0. The summed E-state index contributed by atoms with van der Waals surface area (Å²) in [6.07, 6.45) is 4.25. The van der Waals surface area contributed by atoms with Crippen molar-refractivity contribution in [2.24, 2.45) is 0 Å². The Morgan fingerprint density at radius 2 is 2.00 bits per heavy atom. The SMILES string of the molecule is CSc1c(Cl)cc(C2(O)CC2)cc1S(C)(=O)=O. The van der Waals surface area contributed by atoms with Gasteiger partial charge in [-0.15, -0.1) is 11.8 Å². The molecule has 0 aliphatic heterocycles. The van der Waals surface area contributed by atoms with Crippen LogP contribution in [0.2, 0.25) is 5.02 Å². The number of halogens is 1. The average molecular weight is 293 g/mol. The van der Waals surface area contributed by atoms with E-state index in [1.54, 1.807) is 18.4 Å². The second-order valence-corrected chi connectivity index (χ2v) is 7.50. The van der Waals surface area contributed by atoms with Gasteiger partial charge in [0.15, 0.2) is 9.84 Å². The summed E-state index contributed by atoms with van der Waals surface area (Å²) < 4.78 is 23.4. The van der Waals surface area contributed by atoms with Crippen LogP contribution in [0.4, 0.5) is 0 Å². The Kier molecular flexibility index (Phi) is 3.23. The van der Waals surface area contributed by atoms with Crippen LogP contribution in [-0.2, 0) is 15.4 Å². The Hall–Kier alpha value is -0.230. The van der Waals surface area contributed by atoms with Crippen LogP contribution in [0, 0.1) is 0 Å². The monoisotopic (exact) mass is 292 g/mol. The maximum atomic E-state index is 11.7. The molecular formula is C11H13ClO3S2. The van der Waals surface area contributed by atoms with Gasteiger partial charge in [0.1, 0.15) is 0 Å². The van der Waals surface area contributed by atoms with Gasteiger partial charge >= 0.3 is 0 Å². The molecule has 1 fully saturated rings. The van der Waals surface area contributed by atoms with Crippen molar-refractivity contribution in [2.75, 3.05) is 12.5 Å². The Labute approximate surface area is 110 Å². The normalized spacial score (nSPS) is 18.1. The standard InChI is InChI=1S/C11H13ClO3S2/c1-16-10-8(12)5-7(11(13)3-4-11)6-9(10)17(2,14)15/h5-6,13H,3-4H2,1-2H3. The highest BCUT2D eigenvalue weighted by molar-refractivity contribution is 7.99. The van der Waals surface area contributed by atoms with Gasteiger partial charge in [-0.05, 0) is 36.8 Å². The number of benzene rings is 1. The van der Waals surface area contributed by atoms with Crippen LogP contribution in [0.3, 0.4) is 0 Å². The molecule has 0 bridgehead atoms. The number of hydrogen-bond donors (Lipinski definition) is 1. The summed E-state index contributed by atoms with van der Waals surface area (Å²) in [6, 6.07) is 3.20. The van der Waals surface area contributed by atoms with Crippen molar-refractivity contribution in [3.05, 3.63) is 22.7 Å². The molecule has 1 aromatic rings. The summed E-state index contributed by atoms with van der Waals surface area (Å²) in [5, 5.41) is 10.4. The quantitative estimate of drug-likeness (QED) is 0.870. The molecule has 0 amide bonds. The molecule has 6 heteroatoms. The first-order chi connectivity index (χ1) is 7.78. The van der Waals surface area contributed by atoms with E-state index in [9.17, 15) is 13.5 Å². The first kappa shape index (κ1) is 13.2. The fourth-order valence-corrected chi connectivity index (χ4v) is 4.23. The van der Waals surface area contributed by atoms with Gasteiger partial charge in [0.05, 0.1) is 15.5 Å². The molecule has 1 N–H and O–H groups in total. The number of thioether (sulfide) groups is 1. The van der Waals surface area contributed by atoms with E-state index in [2.05, 4.69) is 0 Å². The van der Waals surface area contributed by atoms with Crippen LogP contribution in [-0.4, -0.2) is 26.0 Å². The average Bonchev–Trinajstić information content (AvgIpc) is 2.95. The summed E-state index contributed by atoms with van der Waals surface area (Å²) in [5.41, 5.74) is -0.277. The maximum absolute atomic E-state index is 11.7. The minimum atomic E-state index is -3.34. The molecule has 1 saturated carbocycles. The lowest BCUT2D eigenvalue weighted by atomic mass is 10.1. The molecule has 1 aromatic carbocycles. The summed E-state index contributed by atoms with van der Waals surface area (Å²) in [4.78, 5) is 0.745. The third-order valence-corrected chi connectivity index (χ3v) is 5.38. The number of hydrogen-bond acceptors (Lipinski definition) is 4. The van der Waals surface area contributed by atoms with E-state index in [1.807, 2.05) is 0 Å². The van der Waals surface area contributed by atoms with Crippen LogP contribution in [0.25, 0.3) is 0 Å². The van der Waals surface area contributed by atoms with Gasteiger partial charge in [0.25, 0.3) is 0 Å². The molecule has 0 radical (unpaired) electrons. The Morgan fingerprint density at radius 1 is 1.41 bits per heavy atom. The van der Waals surface area contributed by atoms with E-state index in [-0.39, 0.29) is 4.90 Å². The fraction of sp³-hybridized carbons (Fsp3) is 0.455. The van der Waals surface area contributed by atoms with Gasteiger partial charge in [-0.2, -0.15) is 0 Å². The number of aliphatic hydroxyl groups is 1. The molecular weight excluding hydrogens is 280 g/mol. The number of sulfone groups is 1. The van der Waals surface area contributed by atoms with Gasteiger partial charge in [-0.1, -0.05) is 11.6 Å². The predicted octanol–water partition coefficient (Wildman–Crippen LogP) is 2.45. The van der Waals surface area contributed by atoms with E-state index >= 15 is 0 Å². The highest BCUT2D eigenvalue weighted by Gasteiger charge is 2.43. The minimum Gasteiger partial charge on any atom is -0.385 e. The largest absolute Gasteiger partial charge is 0.385 e. The first-order valence-corrected chi connectivity index (χ1v) is 8.58. The molecule has 0 unspecified atom stereocenters. The molecule has 0 aromatic heterocycles. The van der Waals surface area contributed by atoms with Crippen LogP contribution in [0.5, 0.6) is 0 Å². The molecule has 2 rings (SSSR count).